The maximum absolute atomic E-state index is 6.20. The van der Waals surface area contributed by atoms with Crippen molar-refractivity contribution in [2.45, 2.75) is 6.54 Å². The Bertz CT molecular complexity index is 781. The summed E-state index contributed by atoms with van der Waals surface area (Å²) >= 11 is 12.4. The summed E-state index contributed by atoms with van der Waals surface area (Å²) in [5, 5.41) is 5.87. The van der Waals surface area contributed by atoms with Gasteiger partial charge in [-0.15, -0.1) is 0 Å². The van der Waals surface area contributed by atoms with Crippen molar-refractivity contribution in [1.29, 1.82) is 0 Å². The van der Waals surface area contributed by atoms with Crippen LogP contribution < -0.4 is 5.73 Å². The van der Waals surface area contributed by atoms with Gasteiger partial charge in [-0.2, -0.15) is 5.10 Å². The van der Waals surface area contributed by atoms with Gasteiger partial charge in [-0.1, -0.05) is 59.6 Å². The summed E-state index contributed by atoms with van der Waals surface area (Å²) in [5.74, 6) is 0. The van der Waals surface area contributed by atoms with Crippen molar-refractivity contribution in [1.82, 2.24) is 9.78 Å². The Balaban J connectivity index is 1.96. The van der Waals surface area contributed by atoms with E-state index in [-0.39, 0.29) is 0 Å². The third-order valence-electron chi connectivity index (χ3n) is 3.21. The number of nitrogens with zero attached hydrogens (tertiary/aromatic N) is 2. The second kappa shape index (κ2) is 5.80. The number of nitrogen functional groups attached to an aromatic ring is 1. The number of hydrogen-bond acceptors (Lipinski definition) is 2. The van der Waals surface area contributed by atoms with Gasteiger partial charge in [0.25, 0.3) is 0 Å². The van der Waals surface area contributed by atoms with Gasteiger partial charge in [-0.3, -0.25) is 4.68 Å². The van der Waals surface area contributed by atoms with E-state index in [1.807, 2.05) is 48.5 Å². The van der Waals surface area contributed by atoms with Crippen LogP contribution >= 0.6 is 23.2 Å². The molecule has 0 unspecified atom stereocenters. The quantitative estimate of drug-likeness (QED) is 0.773. The summed E-state index contributed by atoms with van der Waals surface area (Å²) in [5.41, 5.74) is 9.16. The molecule has 106 valence electrons. The lowest BCUT2D eigenvalue weighted by Crippen LogP contribution is -2.01. The van der Waals surface area contributed by atoms with Crippen molar-refractivity contribution in [2.24, 2.45) is 0 Å². The highest BCUT2D eigenvalue weighted by atomic mass is 35.5. The van der Waals surface area contributed by atoms with Gasteiger partial charge in [-0.05, 0) is 17.7 Å². The summed E-state index contributed by atoms with van der Waals surface area (Å²) in [6, 6.07) is 15.2. The number of nitrogens with two attached hydrogens (primary N) is 1. The molecule has 21 heavy (non-hydrogen) atoms. The van der Waals surface area contributed by atoms with E-state index >= 15 is 0 Å². The Labute approximate surface area is 132 Å². The van der Waals surface area contributed by atoms with Crippen LogP contribution in [0.3, 0.4) is 0 Å². The minimum atomic E-state index is 0.564. The van der Waals surface area contributed by atoms with Crippen molar-refractivity contribution in [3.05, 3.63) is 70.3 Å². The average Bonchev–Trinajstić information content (AvgIpc) is 2.83. The van der Waals surface area contributed by atoms with E-state index in [1.54, 1.807) is 10.9 Å². The van der Waals surface area contributed by atoms with Crippen LogP contribution in [0.1, 0.15) is 5.56 Å². The summed E-state index contributed by atoms with van der Waals surface area (Å²) in [6.45, 7) is 0.564. The predicted octanol–water partition coefficient (Wildman–Crippen LogP) is 4.49. The SMILES string of the molecule is Nc1cn(Cc2ccccc2Cl)nc1-c1ccccc1Cl. The molecule has 0 radical (unpaired) electrons. The molecule has 0 spiro atoms. The third kappa shape index (κ3) is 2.89. The van der Waals surface area contributed by atoms with E-state index < -0.39 is 0 Å². The Morgan fingerprint density at radius 2 is 1.62 bits per heavy atom. The second-order valence-corrected chi connectivity index (χ2v) is 5.52. The fraction of sp³-hybridized carbons (Fsp3) is 0.0625. The Kier molecular flexibility index (Phi) is 3.86. The molecule has 0 bridgehead atoms. The monoisotopic (exact) mass is 317 g/mol. The van der Waals surface area contributed by atoms with E-state index in [9.17, 15) is 0 Å². The third-order valence-corrected chi connectivity index (χ3v) is 3.91. The summed E-state index contributed by atoms with van der Waals surface area (Å²) < 4.78 is 1.77. The standard InChI is InChI=1S/C16H13Cl2N3/c17-13-7-3-1-5-11(13)9-21-10-15(19)16(20-21)12-6-2-4-8-14(12)18/h1-8,10H,9,19H2. The molecule has 0 fully saturated rings. The number of anilines is 1. The molecule has 0 aliphatic heterocycles. The van der Waals surface area contributed by atoms with Gasteiger partial charge in [0.05, 0.1) is 17.3 Å². The van der Waals surface area contributed by atoms with E-state index in [1.165, 1.54) is 0 Å². The van der Waals surface area contributed by atoms with Crippen molar-refractivity contribution < 1.29 is 0 Å². The maximum atomic E-state index is 6.20. The number of benzene rings is 2. The molecule has 0 saturated carbocycles. The van der Waals surface area contributed by atoms with Crippen molar-refractivity contribution >= 4 is 28.9 Å². The topological polar surface area (TPSA) is 43.8 Å². The highest BCUT2D eigenvalue weighted by Crippen LogP contribution is 2.30. The highest BCUT2D eigenvalue weighted by molar-refractivity contribution is 6.33. The molecule has 1 heterocycles. The van der Waals surface area contributed by atoms with E-state index in [0.29, 0.717) is 28.0 Å². The number of aromatic nitrogens is 2. The molecule has 3 nitrogen and oxygen atoms in total. The Morgan fingerprint density at radius 1 is 0.952 bits per heavy atom. The molecule has 2 aromatic carbocycles. The molecule has 1 aromatic heterocycles. The summed E-state index contributed by atoms with van der Waals surface area (Å²) in [6.07, 6.45) is 1.79. The molecule has 0 atom stereocenters. The van der Waals surface area contributed by atoms with Crippen LogP contribution in [0.25, 0.3) is 11.3 Å². The maximum Gasteiger partial charge on any atom is 0.117 e. The zero-order chi connectivity index (χ0) is 14.8. The first-order chi connectivity index (χ1) is 10.1. The Morgan fingerprint density at radius 3 is 2.33 bits per heavy atom. The van der Waals surface area contributed by atoms with Crippen LogP contribution in [-0.2, 0) is 6.54 Å². The van der Waals surface area contributed by atoms with E-state index in [0.717, 1.165) is 11.1 Å². The Hall–Kier alpha value is -1.97. The predicted molar refractivity (Wildman–Crippen MR) is 87.6 cm³/mol. The lowest BCUT2D eigenvalue weighted by molar-refractivity contribution is 0.690. The van der Waals surface area contributed by atoms with Crippen LogP contribution in [0.4, 0.5) is 5.69 Å². The molecule has 0 aliphatic rings. The van der Waals surface area contributed by atoms with Gasteiger partial charge in [0.2, 0.25) is 0 Å². The highest BCUT2D eigenvalue weighted by Gasteiger charge is 2.12. The fourth-order valence-electron chi connectivity index (χ4n) is 2.18. The van der Waals surface area contributed by atoms with Gasteiger partial charge in [0.1, 0.15) is 5.69 Å². The first-order valence-electron chi connectivity index (χ1n) is 6.46. The molecule has 0 saturated heterocycles. The lowest BCUT2D eigenvalue weighted by atomic mass is 10.1. The first kappa shape index (κ1) is 14.0. The van der Waals surface area contributed by atoms with Gasteiger partial charge in [0, 0.05) is 16.8 Å². The number of halogens is 2. The van der Waals surface area contributed by atoms with Crippen LogP contribution in [0.15, 0.2) is 54.7 Å². The van der Waals surface area contributed by atoms with E-state index in [4.69, 9.17) is 28.9 Å². The van der Waals surface area contributed by atoms with Gasteiger partial charge < -0.3 is 5.73 Å². The second-order valence-electron chi connectivity index (χ2n) is 4.70. The molecular formula is C16H13Cl2N3. The molecule has 2 N–H and O–H groups in total. The molecular weight excluding hydrogens is 305 g/mol. The van der Waals surface area contributed by atoms with Crippen molar-refractivity contribution in [3.63, 3.8) is 0 Å². The van der Waals surface area contributed by atoms with Crippen molar-refractivity contribution in [3.8, 4) is 11.3 Å². The van der Waals surface area contributed by atoms with Gasteiger partial charge in [-0.25, -0.2) is 0 Å². The summed E-state index contributed by atoms with van der Waals surface area (Å²) in [7, 11) is 0. The molecule has 0 aliphatic carbocycles. The van der Waals surface area contributed by atoms with Crippen LogP contribution in [-0.4, -0.2) is 9.78 Å². The number of rotatable bonds is 3. The lowest BCUT2D eigenvalue weighted by Gasteiger charge is -2.04. The van der Waals surface area contributed by atoms with Crippen LogP contribution in [0.2, 0.25) is 10.0 Å². The molecule has 0 amide bonds. The first-order valence-corrected chi connectivity index (χ1v) is 7.22. The summed E-state index contributed by atoms with van der Waals surface area (Å²) in [4.78, 5) is 0. The molecule has 5 heteroatoms. The largest absolute Gasteiger partial charge is 0.396 e. The van der Waals surface area contributed by atoms with Gasteiger partial charge >= 0.3 is 0 Å². The van der Waals surface area contributed by atoms with Crippen LogP contribution in [0, 0.1) is 0 Å². The molecule has 3 aromatic rings. The van der Waals surface area contributed by atoms with Crippen LogP contribution in [0.5, 0.6) is 0 Å². The number of hydrogen-bond donors (Lipinski definition) is 1. The zero-order valence-corrected chi connectivity index (χ0v) is 12.6. The normalized spacial score (nSPS) is 10.8. The smallest absolute Gasteiger partial charge is 0.117 e. The minimum absolute atomic E-state index is 0.564. The average molecular weight is 318 g/mol. The minimum Gasteiger partial charge on any atom is -0.396 e. The molecule has 3 rings (SSSR count). The van der Waals surface area contributed by atoms with E-state index in [2.05, 4.69) is 5.10 Å². The fourth-order valence-corrected chi connectivity index (χ4v) is 2.60. The van der Waals surface area contributed by atoms with Crippen molar-refractivity contribution in [2.75, 3.05) is 5.73 Å². The zero-order valence-electron chi connectivity index (χ0n) is 11.1. The van der Waals surface area contributed by atoms with Gasteiger partial charge in [0.15, 0.2) is 0 Å².